The summed E-state index contributed by atoms with van der Waals surface area (Å²) in [5.41, 5.74) is 0.307. The van der Waals surface area contributed by atoms with Crippen molar-refractivity contribution in [3.8, 4) is 0 Å². The van der Waals surface area contributed by atoms with Crippen molar-refractivity contribution in [2.45, 2.75) is 57.7 Å². The molecule has 3 unspecified atom stereocenters. The molecular weight excluding hydrogens is 250 g/mol. The van der Waals surface area contributed by atoms with E-state index in [1.807, 2.05) is 13.8 Å². The van der Waals surface area contributed by atoms with Crippen LogP contribution in [0.3, 0.4) is 0 Å². The van der Waals surface area contributed by atoms with E-state index in [4.69, 9.17) is 4.74 Å². The summed E-state index contributed by atoms with van der Waals surface area (Å²) in [6.45, 7) is 4.78. The molecule has 2 aliphatic carbocycles. The van der Waals surface area contributed by atoms with Gasteiger partial charge in [-0.2, -0.15) is 0 Å². The largest absolute Gasteiger partial charge is 0.378 e. The molecule has 4 nitrogen and oxygen atoms in total. The lowest BCUT2D eigenvalue weighted by Gasteiger charge is -2.61. The van der Waals surface area contributed by atoms with Crippen LogP contribution in [0.15, 0.2) is 0 Å². The van der Waals surface area contributed by atoms with E-state index in [0.29, 0.717) is 17.6 Å². The molecule has 3 atom stereocenters. The molecule has 1 N–H and O–H groups in total. The zero-order valence-corrected chi connectivity index (χ0v) is 12.4. The molecule has 2 aliphatic rings. The van der Waals surface area contributed by atoms with Crippen molar-refractivity contribution >= 4 is 9.84 Å². The Balaban J connectivity index is 1.88. The van der Waals surface area contributed by atoms with Gasteiger partial charge in [0, 0.05) is 30.4 Å². The van der Waals surface area contributed by atoms with Crippen LogP contribution < -0.4 is 5.32 Å². The summed E-state index contributed by atoms with van der Waals surface area (Å²) >= 11 is 0. The molecule has 5 heteroatoms. The highest BCUT2D eigenvalue weighted by atomic mass is 32.2. The molecule has 0 heterocycles. The SMILES string of the molecule is CCOC1CC(NC(C)CS(C)(=O)=O)C12CCC2. The molecule has 0 saturated heterocycles. The lowest BCUT2D eigenvalue weighted by Crippen LogP contribution is -2.68. The van der Waals surface area contributed by atoms with Crippen LogP contribution in [0.25, 0.3) is 0 Å². The summed E-state index contributed by atoms with van der Waals surface area (Å²) in [6, 6.07) is 0.476. The van der Waals surface area contributed by atoms with Gasteiger partial charge in [0.25, 0.3) is 0 Å². The molecule has 0 aromatic rings. The van der Waals surface area contributed by atoms with E-state index < -0.39 is 9.84 Å². The van der Waals surface area contributed by atoms with Crippen molar-refractivity contribution in [1.82, 2.24) is 5.32 Å². The van der Waals surface area contributed by atoms with Crippen molar-refractivity contribution < 1.29 is 13.2 Å². The van der Waals surface area contributed by atoms with Crippen LogP contribution in [-0.2, 0) is 14.6 Å². The summed E-state index contributed by atoms with van der Waals surface area (Å²) in [5, 5.41) is 3.49. The standard InChI is InChI=1S/C13H25NO3S/c1-4-17-12-8-11(13(12)6-5-7-13)14-10(2)9-18(3,15)16/h10-12,14H,4-9H2,1-3H3. The first kappa shape index (κ1) is 14.3. The molecule has 0 amide bonds. The molecule has 0 aromatic heterocycles. The highest BCUT2D eigenvalue weighted by Gasteiger charge is 2.58. The van der Waals surface area contributed by atoms with Crippen LogP contribution in [-0.4, -0.2) is 45.2 Å². The third kappa shape index (κ3) is 2.73. The van der Waals surface area contributed by atoms with Crippen molar-refractivity contribution in [2.75, 3.05) is 18.6 Å². The number of ether oxygens (including phenoxy) is 1. The molecular formula is C13H25NO3S. The fourth-order valence-corrected chi connectivity index (χ4v) is 4.52. The minimum Gasteiger partial charge on any atom is -0.378 e. The average molecular weight is 275 g/mol. The molecule has 2 fully saturated rings. The molecule has 0 aromatic carbocycles. The predicted octanol–water partition coefficient (Wildman–Crippen LogP) is 1.36. The van der Waals surface area contributed by atoms with Gasteiger partial charge in [-0.15, -0.1) is 0 Å². The Morgan fingerprint density at radius 2 is 2.11 bits per heavy atom. The fourth-order valence-electron chi connectivity index (χ4n) is 3.52. The van der Waals surface area contributed by atoms with Crippen LogP contribution in [0.5, 0.6) is 0 Å². The lowest BCUT2D eigenvalue weighted by molar-refractivity contribution is -0.174. The first-order valence-corrected chi connectivity index (χ1v) is 8.99. The summed E-state index contributed by atoms with van der Waals surface area (Å²) in [6.07, 6.45) is 6.44. The van der Waals surface area contributed by atoms with E-state index in [1.165, 1.54) is 25.5 Å². The summed E-state index contributed by atoms with van der Waals surface area (Å²) in [7, 11) is -2.90. The summed E-state index contributed by atoms with van der Waals surface area (Å²) in [4.78, 5) is 0. The highest BCUT2D eigenvalue weighted by Crippen LogP contribution is 2.57. The summed E-state index contributed by atoms with van der Waals surface area (Å²) in [5.74, 6) is 0.221. The van der Waals surface area contributed by atoms with Gasteiger partial charge in [-0.3, -0.25) is 0 Å². The maximum Gasteiger partial charge on any atom is 0.148 e. The van der Waals surface area contributed by atoms with Gasteiger partial charge in [-0.25, -0.2) is 8.42 Å². The Kier molecular flexibility index (Phi) is 4.04. The van der Waals surface area contributed by atoms with Crippen LogP contribution in [0.4, 0.5) is 0 Å². The monoisotopic (exact) mass is 275 g/mol. The molecule has 18 heavy (non-hydrogen) atoms. The Hall–Kier alpha value is -0.130. The minimum absolute atomic E-state index is 0.0325. The van der Waals surface area contributed by atoms with Crippen molar-refractivity contribution in [3.63, 3.8) is 0 Å². The average Bonchev–Trinajstić information content (AvgIpc) is 2.10. The van der Waals surface area contributed by atoms with Crippen molar-refractivity contribution in [1.29, 1.82) is 0 Å². The van der Waals surface area contributed by atoms with Gasteiger partial charge in [0.15, 0.2) is 0 Å². The minimum atomic E-state index is -2.90. The smallest absolute Gasteiger partial charge is 0.148 e. The second-order valence-corrected chi connectivity index (χ2v) is 8.16. The molecule has 0 aliphatic heterocycles. The van der Waals surface area contributed by atoms with Gasteiger partial charge < -0.3 is 10.1 Å². The Morgan fingerprint density at radius 3 is 2.56 bits per heavy atom. The molecule has 0 radical (unpaired) electrons. The maximum atomic E-state index is 11.3. The Morgan fingerprint density at radius 1 is 1.44 bits per heavy atom. The second kappa shape index (κ2) is 5.10. The van der Waals surface area contributed by atoms with E-state index in [9.17, 15) is 8.42 Å². The first-order chi connectivity index (χ1) is 8.37. The van der Waals surface area contributed by atoms with Gasteiger partial charge in [0.1, 0.15) is 9.84 Å². The normalized spacial score (nSPS) is 31.7. The van der Waals surface area contributed by atoms with Gasteiger partial charge >= 0.3 is 0 Å². The molecule has 0 bridgehead atoms. The molecule has 1 spiro atoms. The number of hydrogen-bond donors (Lipinski definition) is 1. The van der Waals surface area contributed by atoms with Gasteiger partial charge in [0.05, 0.1) is 11.9 Å². The number of sulfone groups is 1. The van der Waals surface area contributed by atoms with E-state index in [-0.39, 0.29) is 11.8 Å². The van der Waals surface area contributed by atoms with E-state index in [1.54, 1.807) is 0 Å². The third-order valence-corrected chi connectivity index (χ3v) is 5.58. The zero-order valence-electron chi connectivity index (χ0n) is 11.6. The summed E-state index contributed by atoms with van der Waals surface area (Å²) < 4.78 is 28.3. The topological polar surface area (TPSA) is 55.4 Å². The van der Waals surface area contributed by atoms with Gasteiger partial charge in [0.2, 0.25) is 0 Å². The van der Waals surface area contributed by atoms with Crippen molar-refractivity contribution in [2.24, 2.45) is 5.41 Å². The van der Waals surface area contributed by atoms with Crippen molar-refractivity contribution in [3.05, 3.63) is 0 Å². The first-order valence-electron chi connectivity index (χ1n) is 6.93. The maximum absolute atomic E-state index is 11.3. The lowest BCUT2D eigenvalue weighted by atomic mass is 9.51. The Labute approximate surface area is 110 Å². The number of hydrogen-bond acceptors (Lipinski definition) is 4. The molecule has 2 saturated carbocycles. The third-order valence-electron chi connectivity index (χ3n) is 4.48. The molecule has 106 valence electrons. The predicted molar refractivity (Wildman–Crippen MR) is 72.4 cm³/mol. The van der Waals surface area contributed by atoms with E-state index in [2.05, 4.69) is 5.32 Å². The van der Waals surface area contributed by atoms with Crippen LogP contribution in [0.1, 0.15) is 39.5 Å². The zero-order chi connectivity index (χ0) is 13.4. The van der Waals surface area contributed by atoms with Gasteiger partial charge in [-0.1, -0.05) is 6.42 Å². The Bertz CT molecular complexity index is 389. The van der Waals surface area contributed by atoms with E-state index in [0.717, 1.165) is 13.0 Å². The highest BCUT2D eigenvalue weighted by molar-refractivity contribution is 7.90. The quantitative estimate of drug-likeness (QED) is 0.795. The number of rotatable bonds is 6. The van der Waals surface area contributed by atoms with E-state index >= 15 is 0 Å². The van der Waals surface area contributed by atoms with Gasteiger partial charge in [-0.05, 0) is 33.1 Å². The number of nitrogens with one attached hydrogen (secondary N) is 1. The fraction of sp³-hybridized carbons (Fsp3) is 1.00. The van der Waals surface area contributed by atoms with Crippen LogP contribution in [0, 0.1) is 5.41 Å². The molecule has 2 rings (SSSR count). The van der Waals surface area contributed by atoms with Crippen LogP contribution in [0.2, 0.25) is 0 Å². The second-order valence-electron chi connectivity index (χ2n) is 5.98. The van der Waals surface area contributed by atoms with Crippen LogP contribution >= 0.6 is 0 Å².